The number of carbonyl (C=O) groups is 5. The van der Waals surface area contributed by atoms with Gasteiger partial charge in [-0.15, -0.1) is 0 Å². The van der Waals surface area contributed by atoms with Gasteiger partial charge in [-0.2, -0.15) is 0 Å². The third-order valence-corrected chi connectivity index (χ3v) is 6.82. The Morgan fingerprint density at radius 1 is 1.00 bits per heavy atom. The van der Waals surface area contributed by atoms with Gasteiger partial charge in [0.2, 0.25) is 17.6 Å². The van der Waals surface area contributed by atoms with Gasteiger partial charge >= 0.3 is 0 Å². The number of rotatable bonds is 14. The number of nitrogens with one attached hydrogen (secondary N) is 4. The van der Waals surface area contributed by atoms with Crippen LogP contribution >= 0.6 is 0 Å². The van der Waals surface area contributed by atoms with Crippen molar-refractivity contribution in [3.8, 4) is 0 Å². The van der Waals surface area contributed by atoms with Crippen LogP contribution in [0, 0.1) is 5.92 Å². The van der Waals surface area contributed by atoms with Crippen molar-refractivity contribution in [2.75, 3.05) is 11.9 Å². The lowest BCUT2D eigenvalue weighted by molar-refractivity contribution is -0.138. The predicted octanol–water partition coefficient (Wildman–Crippen LogP) is 2.33. The molecule has 3 aromatic rings. The Kier molecular flexibility index (Phi) is 11.2. The highest BCUT2D eigenvalue weighted by Crippen LogP contribution is 2.20. The van der Waals surface area contributed by atoms with Crippen molar-refractivity contribution in [1.29, 1.82) is 0 Å². The molecule has 0 radical (unpaired) electrons. The van der Waals surface area contributed by atoms with Gasteiger partial charge in [-0.1, -0.05) is 38.6 Å². The number of amides is 4. The standard InChI is InChI=1S/C31H38N6O6/c1-6-32-30(42)26(38)15-14-22(34-29(41)25-17-21-11-8-9-13-24(21)37(25)7-2)28(40)35-23-12-10-16-36(31(23)43)18-27(39)33-20(5)19(3)4/h8-13,16-17,19,22H,5-7,14-15,18H2,1-4H3,(H,32,42)(H,33,39)(H,34,41)(H,35,40). The highest BCUT2D eigenvalue weighted by atomic mass is 16.2. The van der Waals surface area contributed by atoms with Gasteiger partial charge in [0, 0.05) is 42.3 Å². The van der Waals surface area contributed by atoms with E-state index in [0.717, 1.165) is 15.5 Å². The second-order valence-corrected chi connectivity index (χ2v) is 10.3. The number of aryl methyl sites for hydroxylation is 1. The maximum Gasteiger partial charge on any atom is 0.287 e. The van der Waals surface area contributed by atoms with Crippen molar-refractivity contribution < 1.29 is 24.0 Å². The summed E-state index contributed by atoms with van der Waals surface area (Å²) in [7, 11) is 0. The van der Waals surface area contributed by atoms with E-state index in [0.29, 0.717) is 17.9 Å². The van der Waals surface area contributed by atoms with Crippen LogP contribution in [0.25, 0.3) is 10.9 Å². The molecule has 1 unspecified atom stereocenters. The van der Waals surface area contributed by atoms with E-state index in [4.69, 9.17) is 0 Å². The van der Waals surface area contributed by atoms with Crippen LogP contribution in [0.15, 0.2) is 65.7 Å². The summed E-state index contributed by atoms with van der Waals surface area (Å²) in [6.07, 6.45) is 0.893. The number of carbonyl (C=O) groups excluding carboxylic acids is 5. The van der Waals surface area contributed by atoms with Crippen molar-refractivity contribution in [1.82, 2.24) is 25.1 Å². The molecule has 12 heteroatoms. The van der Waals surface area contributed by atoms with Crippen molar-refractivity contribution in [3.05, 3.63) is 77.0 Å². The molecule has 0 saturated carbocycles. The van der Waals surface area contributed by atoms with E-state index >= 15 is 0 Å². The zero-order chi connectivity index (χ0) is 31.7. The van der Waals surface area contributed by atoms with E-state index < -0.39 is 41.0 Å². The number of para-hydroxylation sites is 1. The number of nitrogens with zero attached hydrogens (tertiary/aromatic N) is 2. The number of pyridine rings is 1. The molecular weight excluding hydrogens is 552 g/mol. The lowest BCUT2D eigenvalue weighted by Gasteiger charge is -2.19. The fourth-order valence-electron chi connectivity index (χ4n) is 4.38. The summed E-state index contributed by atoms with van der Waals surface area (Å²) in [5.41, 5.74) is 0.891. The normalized spacial score (nSPS) is 11.6. The number of ketones is 1. The minimum atomic E-state index is -1.26. The van der Waals surface area contributed by atoms with Crippen molar-refractivity contribution in [2.24, 2.45) is 5.92 Å². The monoisotopic (exact) mass is 590 g/mol. The molecule has 1 aromatic carbocycles. The molecule has 3 rings (SSSR count). The summed E-state index contributed by atoms with van der Waals surface area (Å²) in [5, 5.41) is 11.1. The molecule has 0 aliphatic rings. The molecule has 0 fully saturated rings. The third kappa shape index (κ3) is 8.28. The van der Waals surface area contributed by atoms with Crippen molar-refractivity contribution in [3.63, 3.8) is 0 Å². The number of aromatic nitrogens is 2. The zero-order valence-electron chi connectivity index (χ0n) is 24.9. The fraction of sp³-hybridized carbons (Fsp3) is 0.355. The maximum absolute atomic E-state index is 13.4. The number of hydrogen-bond acceptors (Lipinski definition) is 6. The SMILES string of the molecule is C=C(NC(=O)Cn1cccc(NC(=O)C(CCC(=O)C(=O)NCC)NC(=O)c2cc3ccccc3n2CC)c1=O)C(C)C. The van der Waals surface area contributed by atoms with Gasteiger partial charge in [0.1, 0.15) is 24.0 Å². The molecule has 4 amide bonds. The molecule has 0 aliphatic carbocycles. The van der Waals surface area contributed by atoms with Gasteiger partial charge in [-0.3, -0.25) is 28.8 Å². The van der Waals surface area contributed by atoms with E-state index in [1.54, 1.807) is 17.6 Å². The minimum Gasteiger partial charge on any atom is -0.350 e. The lowest BCUT2D eigenvalue weighted by Crippen LogP contribution is -2.46. The molecule has 0 spiro atoms. The number of allylic oxidation sites excluding steroid dienone is 1. The molecule has 1 atom stereocenters. The molecule has 0 saturated heterocycles. The van der Waals surface area contributed by atoms with E-state index in [2.05, 4.69) is 27.8 Å². The first-order valence-corrected chi connectivity index (χ1v) is 14.2. The smallest absolute Gasteiger partial charge is 0.287 e. The van der Waals surface area contributed by atoms with Crippen LogP contribution in [0.1, 0.15) is 51.0 Å². The average Bonchev–Trinajstić information content (AvgIpc) is 3.35. The minimum absolute atomic E-state index is 0.0111. The summed E-state index contributed by atoms with van der Waals surface area (Å²) >= 11 is 0. The Bertz CT molecular complexity index is 1600. The third-order valence-electron chi connectivity index (χ3n) is 6.82. The topological polar surface area (TPSA) is 160 Å². The van der Waals surface area contributed by atoms with E-state index in [9.17, 15) is 28.8 Å². The number of likely N-dealkylation sites (N-methyl/N-ethyl adjacent to an activating group) is 1. The predicted molar refractivity (Wildman–Crippen MR) is 163 cm³/mol. The van der Waals surface area contributed by atoms with E-state index in [-0.39, 0.29) is 37.5 Å². The van der Waals surface area contributed by atoms with Gasteiger partial charge in [-0.25, -0.2) is 0 Å². The molecule has 228 valence electrons. The number of hydrogen-bond donors (Lipinski definition) is 4. The van der Waals surface area contributed by atoms with Crippen LogP contribution in [-0.2, 0) is 32.3 Å². The molecule has 0 bridgehead atoms. The Labute approximate surface area is 249 Å². The number of Topliss-reactive ketones (excluding diaryl/α,β-unsaturated/α-hetero) is 1. The summed E-state index contributed by atoms with van der Waals surface area (Å²) < 4.78 is 2.93. The summed E-state index contributed by atoms with van der Waals surface area (Å²) in [6.45, 7) is 11.5. The largest absolute Gasteiger partial charge is 0.350 e. The van der Waals surface area contributed by atoms with Gasteiger partial charge in [0.05, 0.1) is 0 Å². The first-order valence-electron chi connectivity index (χ1n) is 14.2. The quantitative estimate of drug-likeness (QED) is 0.211. The van der Waals surface area contributed by atoms with Crippen LogP contribution < -0.4 is 26.8 Å². The van der Waals surface area contributed by atoms with Crippen LogP contribution in [0.2, 0.25) is 0 Å². The molecule has 12 nitrogen and oxygen atoms in total. The molecule has 0 aliphatic heterocycles. The lowest BCUT2D eigenvalue weighted by atomic mass is 10.1. The summed E-state index contributed by atoms with van der Waals surface area (Å²) in [4.78, 5) is 76.7. The Hall–Kier alpha value is -5.00. The van der Waals surface area contributed by atoms with Gasteiger partial charge in [0.15, 0.2) is 0 Å². The van der Waals surface area contributed by atoms with Gasteiger partial charge < -0.3 is 30.4 Å². The van der Waals surface area contributed by atoms with Crippen LogP contribution in [0.5, 0.6) is 0 Å². The maximum atomic E-state index is 13.4. The second kappa shape index (κ2) is 14.8. The van der Waals surface area contributed by atoms with E-state index in [1.165, 1.54) is 18.3 Å². The number of benzene rings is 1. The number of fused-ring (bicyclic) bond motifs is 1. The highest BCUT2D eigenvalue weighted by molar-refractivity contribution is 6.36. The van der Waals surface area contributed by atoms with E-state index in [1.807, 2.05) is 45.0 Å². The molecule has 43 heavy (non-hydrogen) atoms. The van der Waals surface area contributed by atoms with Crippen LogP contribution in [0.3, 0.4) is 0 Å². The first kappa shape index (κ1) is 32.5. The Morgan fingerprint density at radius 3 is 2.40 bits per heavy atom. The van der Waals surface area contributed by atoms with Crippen molar-refractivity contribution >= 4 is 46.0 Å². The summed E-state index contributed by atoms with van der Waals surface area (Å²) in [6, 6.07) is 10.8. The average molecular weight is 591 g/mol. The molecule has 4 N–H and O–H groups in total. The second-order valence-electron chi connectivity index (χ2n) is 10.3. The Morgan fingerprint density at radius 2 is 1.72 bits per heavy atom. The Balaban J connectivity index is 1.84. The van der Waals surface area contributed by atoms with Gasteiger partial charge in [-0.05, 0) is 50.5 Å². The highest BCUT2D eigenvalue weighted by Gasteiger charge is 2.26. The van der Waals surface area contributed by atoms with Crippen molar-refractivity contribution in [2.45, 2.75) is 59.7 Å². The summed E-state index contributed by atoms with van der Waals surface area (Å²) in [5.74, 6) is -3.29. The van der Waals surface area contributed by atoms with Crippen LogP contribution in [-0.4, -0.2) is 51.1 Å². The molecular formula is C31H38N6O6. The van der Waals surface area contributed by atoms with Crippen LogP contribution in [0.4, 0.5) is 5.69 Å². The zero-order valence-corrected chi connectivity index (χ0v) is 24.9. The molecule has 2 heterocycles. The van der Waals surface area contributed by atoms with Gasteiger partial charge in [0.25, 0.3) is 17.4 Å². The number of anilines is 1. The molecule has 2 aromatic heterocycles. The first-order chi connectivity index (χ1) is 20.5. The fourth-order valence-corrected chi connectivity index (χ4v) is 4.38.